The van der Waals surface area contributed by atoms with Crippen LogP contribution in [-0.2, 0) is 13.0 Å². The van der Waals surface area contributed by atoms with Crippen molar-refractivity contribution in [1.82, 2.24) is 9.78 Å². The van der Waals surface area contributed by atoms with Gasteiger partial charge in [-0.1, -0.05) is 40.5 Å². The maximum atomic E-state index is 9.86. The summed E-state index contributed by atoms with van der Waals surface area (Å²) in [7, 11) is 0. The highest BCUT2D eigenvalue weighted by Crippen LogP contribution is 2.28. The molecule has 3 heteroatoms. The first-order valence-corrected chi connectivity index (χ1v) is 6.40. The van der Waals surface area contributed by atoms with E-state index in [-0.39, 0.29) is 5.88 Å². The molecule has 0 spiro atoms. The van der Waals surface area contributed by atoms with E-state index in [0.29, 0.717) is 5.92 Å². The molecule has 0 bridgehead atoms. The highest BCUT2D eigenvalue weighted by atomic mass is 16.3. The lowest BCUT2D eigenvalue weighted by Crippen LogP contribution is -2.07. The van der Waals surface area contributed by atoms with Gasteiger partial charge in [0.1, 0.15) is 0 Å². The van der Waals surface area contributed by atoms with Gasteiger partial charge in [-0.2, -0.15) is 0 Å². The molecule has 1 aromatic heterocycles. The van der Waals surface area contributed by atoms with E-state index in [1.807, 2.05) is 4.68 Å². The minimum absolute atomic E-state index is 0.238. The van der Waals surface area contributed by atoms with Crippen LogP contribution >= 0.6 is 0 Å². The topological polar surface area (TPSA) is 38.0 Å². The molecule has 0 fully saturated rings. The largest absolute Gasteiger partial charge is 0.492 e. The van der Waals surface area contributed by atoms with Gasteiger partial charge in [0.25, 0.3) is 0 Å². The monoisotopic (exact) mass is 224 g/mol. The average molecular weight is 224 g/mol. The van der Waals surface area contributed by atoms with Gasteiger partial charge in [-0.05, 0) is 18.8 Å². The predicted octanol–water partition coefficient (Wildman–Crippen LogP) is 3.46. The van der Waals surface area contributed by atoms with Crippen molar-refractivity contribution < 1.29 is 5.11 Å². The van der Waals surface area contributed by atoms with Crippen molar-refractivity contribution >= 4 is 0 Å². The summed E-state index contributed by atoms with van der Waals surface area (Å²) >= 11 is 0. The summed E-state index contributed by atoms with van der Waals surface area (Å²) in [5, 5.41) is 14.1. The van der Waals surface area contributed by atoms with Crippen molar-refractivity contribution in [3.8, 4) is 5.88 Å². The average Bonchev–Trinajstić information content (AvgIpc) is 2.53. The zero-order valence-electron chi connectivity index (χ0n) is 11.0. The van der Waals surface area contributed by atoms with E-state index >= 15 is 0 Å². The molecule has 3 nitrogen and oxygen atoms in total. The van der Waals surface area contributed by atoms with Gasteiger partial charge in [-0.25, -0.2) is 0 Å². The number of aromatic nitrogens is 2. The van der Waals surface area contributed by atoms with Gasteiger partial charge >= 0.3 is 0 Å². The Balaban J connectivity index is 3.02. The molecule has 0 aromatic carbocycles. The first-order valence-electron chi connectivity index (χ1n) is 6.40. The van der Waals surface area contributed by atoms with Crippen molar-refractivity contribution in [3.63, 3.8) is 0 Å². The minimum Gasteiger partial charge on any atom is -0.492 e. The lowest BCUT2D eigenvalue weighted by molar-refractivity contribution is 0.428. The van der Waals surface area contributed by atoms with Gasteiger partial charge in [-0.15, -0.1) is 5.10 Å². The summed E-state index contributed by atoms with van der Waals surface area (Å²) in [5.74, 6) is 0.661. The van der Waals surface area contributed by atoms with Crippen molar-refractivity contribution in [2.45, 2.75) is 65.8 Å². The van der Waals surface area contributed by atoms with E-state index in [1.54, 1.807) is 0 Å². The number of aromatic hydroxyl groups is 1. The van der Waals surface area contributed by atoms with Crippen molar-refractivity contribution in [1.29, 1.82) is 0 Å². The Hall–Kier alpha value is -0.990. The van der Waals surface area contributed by atoms with Crippen LogP contribution in [0, 0.1) is 0 Å². The summed E-state index contributed by atoms with van der Waals surface area (Å²) in [6.07, 6.45) is 4.24. The second kappa shape index (κ2) is 5.92. The summed E-state index contributed by atoms with van der Waals surface area (Å²) in [5.41, 5.74) is 2.27. The number of unbranched alkanes of at least 4 members (excludes halogenated alkanes) is 1. The molecule has 0 amide bonds. The van der Waals surface area contributed by atoms with Crippen LogP contribution < -0.4 is 0 Å². The van der Waals surface area contributed by atoms with Crippen molar-refractivity contribution in [2.75, 3.05) is 0 Å². The van der Waals surface area contributed by atoms with Gasteiger partial charge in [-0.3, -0.25) is 4.68 Å². The van der Waals surface area contributed by atoms with Gasteiger partial charge < -0.3 is 5.11 Å². The molecule has 0 atom stereocenters. The van der Waals surface area contributed by atoms with Crippen LogP contribution in [0.15, 0.2) is 0 Å². The van der Waals surface area contributed by atoms with Crippen LogP contribution in [0.5, 0.6) is 5.88 Å². The van der Waals surface area contributed by atoms with Gasteiger partial charge in [0.05, 0.1) is 0 Å². The Kier molecular flexibility index (Phi) is 4.84. The molecule has 16 heavy (non-hydrogen) atoms. The maximum absolute atomic E-state index is 9.86. The molecule has 92 valence electrons. The van der Waals surface area contributed by atoms with E-state index in [4.69, 9.17) is 0 Å². The molecule has 0 saturated carbocycles. The molecule has 1 heterocycles. The highest BCUT2D eigenvalue weighted by molar-refractivity contribution is 5.32. The first-order chi connectivity index (χ1) is 7.61. The van der Waals surface area contributed by atoms with Gasteiger partial charge in [0.2, 0.25) is 5.88 Å². The molecule has 1 N–H and O–H groups in total. The SMILES string of the molecule is CCCCn1nc(O)c(CCC)c1C(C)C. The fourth-order valence-corrected chi connectivity index (χ4v) is 2.11. The van der Waals surface area contributed by atoms with E-state index in [1.165, 1.54) is 5.69 Å². The second-order valence-corrected chi connectivity index (χ2v) is 4.67. The molecular weight excluding hydrogens is 200 g/mol. The third-order valence-electron chi connectivity index (χ3n) is 2.84. The number of nitrogens with zero attached hydrogens (tertiary/aromatic N) is 2. The van der Waals surface area contributed by atoms with Crippen LogP contribution in [0.25, 0.3) is 0 Å². The molecule has 0 unspecified atom stereocenters. The minimum atomic E-state index is 0.238. The normalized spacial score (nSPS) is 11.3. The van der Waals surface area contributed by atoms with Crippen LogP contribution in [0.2, 0.25) is 0 Å². The number of aryl methyl sites for hydroxylation is 1. The molecule has 0 aliphatic rings. The third-order valence-corrected chi connectivity index (χ3v) is 2.84. The molecule has 1 rings (SSSR count). The van der Waals surface area contributed by atoms with Gasteiger partial charge in [0.15, 0.2) is 0 Å². The van der Waals surface area contributed by atoms with Crippen LogP contribution in [-0.4, -0.2) is 14.9 Å². The summed E-state index contributed by atoms with van der Waals surface area (Å²) in [4.78, 5) is 0. The Morgan fingerprint density at radius 2 is 1.94 bits per heavy atom. The smallest absolute Gasteiger partial charge is 0.233 e. The Bertz CT molecular complexity index is 329. The lowest BCUT2D eigenvalue weighted by atomic mass is 10.0. The fourth-order valence-electron chi connectivity index (χ4n) is 2.11. The van der Waals surface area contributed by atoms with Crippen molar-refractivity contribution in [2.24, 2.45) is 0 Å². The van der Waals surface area contributed by atoms with Crippen LogP contribution in [0.4, 0.5) is 0 Å². The first kappa shape index (κ1) is 13.1. The zero-order valence-corrected chi connectivity index (χ0v) is 11.0. The lowest BCUT2D eigenvalue weighted by Gasteiger charge is -2.11. The highest BCUT2D eigenvalue weighted by Gasteiger charge is 2.18. The summed E-state index contributed by atoms with van der Waals surface area (Å²) in [6.45, 7) is 9.55. The molecule has 0 aliphatic carbocycles. The number of rotatable bonds is 6. The summed E-state index contributed by atoms with van der Waals surface area (Å²) < 4.78 is 1.99. The zero-order chi connectivity index (χ0) is 12.1. The second-order valence-electron chi connectivity index (χ2n) is 4.67. The standard InChI is InChI=1S/C13H24N2O/c1-5-7-9-15-12(10(3)4)11(8-6-2)13(16)14-15/h10H,5-9H2,1-4H3,(H,14,16). The number of hydrogen-bond acceptors (Lipinski definition) is 2. The van der Waals surface area contributed by atoms with E-state index in [2.05, 4.69) is 32.8 Å². The Morgan fingerprint density at radius 1 is 1.25 bits per heavy atom. The molecular formula is C13H24N2O. The summed E-state index contributed by atoms with van der Waals surface area (Å²) in [6, 6.07) is 0. The van der Waals surface area contributed by atoms with Crippen LogP contribution in [0.1, 0.15) is 64.1 Å². The van der Waals surface area contributed by atoms with Crippen LogP contribution in [0.3, 0.4) is 0 Å². The Labute approximate surface area is 98.5 Å². The number of hydrogen-bond donors (Lipinski definition) is 1. The van der Waals surface area contributed by atoms with Gasteiger partial charge in [0, 0.05) is 17.8 Å². The van der Waals surface area contributed by atoms with E-state index in [0.717, 1.165) is 37.8 Å². The maximum Gasteiger partial charge on any atom is 0.233 e. The molecule has 0 aliphatic heterocycles. The molecule has 0 radical (unpaired) electrons. The fraction of sp³-hybridized carbons (Fsp3) is 0.769. The van der Waals surface area contributed by atoms with E-state index in [9.17, 15) is 5.11 Å². The van der Waals surface area contributed by atoms with Crippen molar-refractivity contribution in [3.05, 3.63) is 11.3 Å². The van der Waals surface area contributed by atoms with E-state index < -0.39 is 0 Å². The Morgan fingerprint density at radius 3 is 2.44 bits per heavy atom. The molecule has 1 aromatic rings. The third kappa shape index (κ3) is 2.77. The molecule has 0 saturated heterocycles. The predicted molar refractivity (Wildman–Crippen MR) is 66.9 cm³/mol. The quantitative estimate of drug-likeness (QED) is 0.803.